The monoisotopic (exact) mass is 642 g/mol. The van der Waals surface area contributed by atoms with Crippen molar-refractivity contribution < 1.29 is 27.3 Å². The molecule has 0 bridgehead atoms. The number of ether oxygens (including phenoxy) is 1. The minimum atomic E-state index is -1.85. The second kappa shape index (κ2) is 12.6. The van der Waals surface area contributed by atoms with Crippen molar-refractivity contribution in [3.63, 3.8) is 0 Å². The van der Waals surface area contributed by atoms with Crippen LogP contribution in [-0.2, 0) is 17.5 Å². The summed E-state index contributed by atoms with van der Waals surface area (Å²) in [5, 5.41) is 0. The van der Waals surface area contributed by atoms with Crippen LogP contribution in [0.15, 0.2) is 94.7 Å². The van der Waals surface area contributed by atoms with Crippen LogP contribution in [0.1, 0.15) is 26.3 Å². The van der Waals surface area contributed by atoms with Gasteiger partial charge in [-0.3, -0.25) is 9.59 Å². The average Bonchev–Trinajstić information content (AvgIpc) is 3.11. The first-order valence-electron chi connectivity index (χ1n) is 15.3. The predicted octanol–water partition coefficient (Wildman–Crippen LogP) is 5.49. The molecule has 46 heavy (non-hydrogen) atoms. The molecule has 2 fully saturated rings. The zero-order valence-corrected chi connectivity index (χ0v) is 25.8. The van der Waals surface area contributed by atoms with Crippen LogP contribution in [0.5, 0.6) is 11.5 Å². The topological polar surface area (TPSA) is 73.4 Å². The fourth-order valence-corrected chi connectivity index (χ4v) is 7.76. The summed E-state index contributed by atoms with van der Waals surface area (Å²) in [6, 6.07) is 23.7. The third kappa shape index (κ3) is 5.60. The standard InChI is InChI=1S/C35H32F2N4O4S/c36-23-24-7-11-26(12-8-24)38-15-19-40(20-16-38)34(42)28-3-1-5-30-32(28)46(44)33-29(4-2-6-31(33)45-30)35(43)41-21-17-39(18-22-41)27-13-9-25(37)10-14-27/h1-14H,15-23H2. The number of fused-ring (bicyclic) bond motifs is 2. The lowest BCUT2D eigenvalue weighted by Crippen LogP contribution is -2.49. The second-order valence-electron chi connectivity index (χ2n) is 11.5. The van der Waals surface area contributed by atoms with Gasteiger partial charge in [-0.15, -0.1) is 0 Å². The number of halogens is 2. The van der Waals surface area contributed by atoms with Crippen molar-refractivity contribution in [2.24, 2.45) is 0 Å². The summed E-state index contributed by atoms with van der Waals surface area (Å²) in [4.78, 5) is 36.0. The molecule has 2 saturated heterocycles. The van der Waals surface area contributed by atoms with Crippen molar-refractivity contribution in [1.82, 2.24) is 9.80 Å². The Labute approximate surface area is 268 Å². The number of anilines is 2. The summed E-state index contributed by atoms with van der Waals surface area (Å²) < 4.78 is 46.8. The van der Waals surface area contributed by atoms with E-state index in [4.69, 9.17) is 4.74 Å². The van der Waals surface area contributed by atoms with Gasteiger partial charge in [0.25, 0.3) is 11.8 Å². The molecule has 3 aliphatic heterocycles. The van der Waals surface area contributed by atoms with Gasteiger partial charge in [0.1, 0.15) is 24.0 Å². The quantitative estimate of drug-likeness (QED) is 0.253. The Hall–Kier alpha value is -4.77. The Balaban J connectivity index is 1.08. The normalized spacial score (nSPS) is 17.7. The van der Waals surface area contributed by atoms with Crippen molar-refractivity contribution in [3.8, 4) is 11.5 Å². The van der Waals surface area contributed by atoms with Crippen molar-refractivity contribution in [2.45, 2.75) is 16.5 Å². The SMILES string of the molecule is O=C(c1cccc2c1S(=O)c1c(cccc1C(=O)N1CCN(c3ccc(CF)cc3)CC1)O2)N1CCN(c2ccc(F)cc2)CC1. The fourth-order valence-electron chi connectivity index (χ4n) is 6.26. The largest absolute Gasteiger partial charge is 0.455 e. The summed E-state index contributed by atoms with van der Waals surface area (Å²) in [6.07, 6.45) is 0. The van der Waals surface area contributed by atoms with Gasteiger partial charge in [-0.2, -0.15) is 0 Å². The number of hydrogen-bond acceptors (Lipinski definition) is 6. The third-order valence-corrected chi connectivity index (χ3v) is 10.4. The van der Waals surface area contributed by atoms with Crippen LogP contribution in [0.2, 0.25) is 0 Å². The summed E-state index contributed by atoms with van der Waals surface area (Å²) in [6.45, 7) is 3.66. The van der Waals surface area contributed by atoms with Gasteiger partial charge in [-0.25, -0.2) is 13.0 Å². The molecule has 7 rings (SSSR count). The Morgan fingerprint density at radius 2 is 1.07 bits per heavy atom. The molecular weight excluding hydrogens is 610 g/mol. The van der Waals surface area contributed by atoms with E-state index in [1.165, 1.54) is 12.1 Å². The van der Waals surface area contributed by atoms with Gasteiger partial charge in [0, 0.05) is 63.7 Å². The summed E-state index contributed by atoms with van der Waals surface area (Å²) in [5.74, 6) is -0.131. The Bertz CT molecular complexity index is 1800. The molecule has 0 aliphatic carbocycles. The highest BCUT2D eigenvalue weighted by molar-refractivity contribution is 7.85. The van der Waals surface area contributed by atoms with Crippen LogP contribution in [0, 0.1) is 5.82 Å². The fraction of sp³-hybridized carbons (Fsp3) is 0.257. The molecule has 2 amide bonds. The first-order valence-corrected chi connectivity index (χ1v) is 16.4. The molecule has 4 aromatic rings. The van der Waals surface area contributed by atoms with Crippen LogP contribution < -0.4 is 14.5 Å². The first kappa shape index (κ1) is 29.9. The molecule has 0 aromatic heterocycles. The second-order valence-corrected chi connectivity index (χ2v) is 12.8. The van der Waals surface area contributed by atoms with Crippen molar-refractivity contribution in [3.05, 3.63) is 107 Å². The van der Waals surface area contributed by atoms with Gasteiger partial charge in [0.2, 0.25) is 0 Å². The molecule has 3 heterocycles. The lowest BCUT2D eigenvalue weighted by Gasteiger charge is -2.37. The first-order chi connectivity index (χ1) is 22.4. The average molecular weight is 643 g/mol. The number of benzene rings is 4. The van der Waals surface area contributed by atoms with Crippen LogP contribution in [0.3, 0.4) is 0 Å². The van der Waals surface area contributed by atoms with Crippen molar-refractivity contribution >= 4 is 34.0 Å². The third-order valence-electron chi connectivity index (χ3n) is 8.79. The Kier molecular flexibility index (Phi) is 8.16. The molecule has 0 N–H and O–H groups in total. The van der Waals surface area contributed by atoms with E-state index in [1.54, 1.807) is 70.5 Å². The maximum absolute atomic E-state index is 14.3. The zero-order valence-electron chi connectivity index (χ0n) is 25.0. The molecule has 0 saturated carbocycles. The minimum absolute atomic E-state index is 0.245. The minimum Gasteiger partial charge on any atom is -0.455 e. The van der Waals surface area contributed by atoms with Gasteiger partial charge in [-0.05, 0) is 66.2 Å². The number of alkyl halides is 1. The summed E-state index contributed by atoms with van der Waals surface area (Å²) in [5.41, 5.74) is 3.06. The highest BCUT2D eigenvalue weighted by atomic mass is 32.2. The zero-order chi connectivity index (χ0) is 31.8. The number of amides is 2. The van der Waals surface area contributed by atoms with Crippen LogP contribution in [0.25, 0.3) is 0 Å². The molecule has 1 atom stereocenters. The number of carbonyl (C=O) groups excluding carboxylic acids is 2. The van der Waals surface area contributed by atoms with Gasteiger partial charge < -0.3 is 24.3 Å². The number of nitrogens with zero attached hydrogens (tertiary/aromatic N) is 4. The molecular formula is C35H32F2N4O4S. The van der Waals surface area contributed by atoms with E-state index in [1.807, 2.05) is 12.1 Å². The van der Waals surface area contributed by atoms with Crippen LogP contribution in [0.4, 0.5) is 20.2 Å². The van der Waals surface area contributed by atoms with E-state index in [2.05, 4.69) is 9.80 Å². The smallest absolute Gasteiger partial charge is 0.255 e. The van der Waals surface area contributed by atoms with E-state index >= 15 is 0 Å². The molecule has 4 aromatic carbocycles. The number of piperazine rings is 2. The van der Waals surface area contributed by atoms with E-state index in [0.29, 0.717) is 69.4 Å². The van der Waals surface area contributed by atoms with Gasteiger partial charge in [0.05, 0.1) is 31.7 Å². The van der Waals surface area contributed by atoms with E-state index < -0.39 is 17.5 Å². The number of hydrogen-bond donors (Lipinski definition) is 0. The van der Waals surface area contributed by atoms with Crippen molar-refractivity contribution in [2.75, 3.05) is 62.2 Å². The highest BCUT2D eigenvalue weighted by Gasteiger charge is 2.35. The summed E-state index contributed by atoms with van der Waals surface area (Å²) in [7, 11) is -1.85. The van der Waals surface area contributed by atoms with Gasteiger partial charge in [0.15, 0.2) is 0 Å². The lowest BCUT2D eigenvalue weighted by molar-refractivity contribution is 0.0737. The van der Waals surface area contributed by atoms with Crippen LogP contribution in [-0.4, -0.2) is 78.2 Å². The van der Waals surface area contributed by atoms with Gasteiger partial charge in [-0.1, -0.05) is 24.3 Å². The number of carbonyl (C=O) groups is 2. The summed E-state index contributed by atoms with van der Waals surface area (Å²) >= 11 is 0. The molecule has 0 radical (unpaired) electrons. The molecule has 8 nitrogen and oxygen atoms in total. The molecule has 236 valence electrons. The lowest BCUT2D eigenvalue weighted by atomic mass is 10.1. The van der Waals surface area contributed by atoms with Crippen molar-refractivity contribution in [1.29, 1.82) is 0 Å². The predicted molar refractivity (Wildman–Crippen MR) is 172 cm³/mol. The Morgan fingerprint density at radius 3 is 1.50 bits per heavy atom. The molecule has 0 spiro atoms. The van der Waals surface area contributed by atoms with E-state index in [-0.39, 0.29) is 38.5 Å². The molecule has 1 unspecified atom stereocenters. The van der Waals surface area contributed by atoms with E-state index in [9.17, 15) is 22.6 Å². The maximum atomic E-state index is 14.3. The van der Waals surface area contributed by atoms with Crippen LogP contribution >= 0.6 is 0 Å². The molecule has 11 heteroatoms. The highest BCUT2D eigenvalue weighted by Crippen LogP contribution is 2.44. The molecule has 3 aliphatic rings. The van der Waals surface area contributed by atoms with Gasteiger partial charge >= 0.3 is 0 Å². The Morgan fingerprint density at radius 1 is 0.630 bits per heavy atom. The number of rotatable bonds is 5. The maximum Gasteiger partial charge on any atom is 0.255 e. The van der Waals surface area contributed by atoms with E-state index in [0.717, 1.165) is 11.4 Å².